The standard InChI is InChI=1S/C8H14O2/c1-7(2)4-9-5-8(3)6-10-8/h1,4-6H2,2-3H3/t8-/m1/s1. The molecule has 0 radical (unpaired) electrons. The van der Waals surface area contributed by atoms with Crippen molar-refractivity contribution in [1.29, 1.82) is 0 Å². The summed E-state index contributed by atoms with van der Waals surface area (Å²) in [7, 11) is 0. The van der Waals surface area contributed by atoms with Crippen LogP contribution in [-0.4, -0.2) is 25.4 Å². The van der Waals surface area contributed by atoms with E-state index in [1.807, 2.05) is 13.8 Å². The molecule has 1 saturated heterocycles. The van der Waals surface area contributed by atoms with Gasteiger partial charge in [-0.15, -0.1) is 0 Å². The molecule has 10 heavy (non-hydrogen) atoms. The van der Waals surface area contributed by atoms with E-state index in [0.717, 1.165) is 12.2 Å². The molecule has 1 heterocycles. The summed E-state index contributed by atoms with van der Waals surface area (Å²) in [5.41, 5.74) is 1.08. The van der Waals surface area contributed by atoms with Crippen LogP contribution in [-0.2, 0) is 9.47 Å². The van der Waals surface area contributed by atoms with Gasteiger partial charge < -0.3 is 9.47 Å². The molecule has 2 nitrogen and oxygen atoms in total. The highest BCUT2D eigenvalue weighted by Crippen LogP contribution is 2.25. The number of rotatable bonds is 4. The lowest BCUT2D eigenvalue weighted by atomic mass is 10.2. The maximum Gasteiger partial charge on any atom is 0.112 e. The van der Waals surface area contributed by atoms with Crippen molar-refractivity contribution < 1.29 is 9.47 Å². The molecule has 1 aliphatic rings. The van der Waals surface area contributed by atoms with Crippen molar-refractivity contribution in [3.8, 4) is 0 Å². The Hall–Kier alpha value is -0.340. The molecule has 1 fully saturated rings. The molecule has 0 amide bonds. The average molecular weight is 142 g/mol. The largest absolute Gasteiger partial charge is 0.374 e. The van der Waals surface area contributed by atoms with Crippen molar-refractivity contribution in [2.75, 3.05) is 19.8 Å². The maximum atomic E-state index is 5.30. The van der Waals surface area contributed by atoms with Crippen molar-refractivity contribution >= 4 is 0 Å². The minimum Gasteiger partial charge on any atom is -0.374 e. The van der Waals surface area contributed by atoms with E-state index in [1.165, 1.54) is 0 Å². The van der Waals surface area contributed by atoms with E-state index in [9.17, 15) is 0 Å². The van der Waals surface area contributed by atoms with Gasteiger partial charge in [0.05, 0.1) is 19.8 Å². The van der Waals surface area contributed by atoms with Gasteiger partial charge in [-0.25, -0.2) is 0 Å². The third-order valence-corrected chi connectivity index (χ3v) is 1.39. The number of hydrogen-bond donors (Lipinski definition) is 0. The lowest BCUT2D eigenvalue weighted by Crippen LogP contribution is -2.15. The molecule has 0 spiro atoms. The van der Waals surface area contributed by atoms with Crippen LogP contribution in [0, 0.1) is 0 Å². The van der Waals surface area contributed by atoms with Gasteiger partial charge in [0.1, 0.15) is 5.60 Å². The van der Waals surface area contributed by atoms with Crippen molar-refractivity contribution in [2.45, 2.75) is 19.4 Å². The molecule has 0 unspecified atom stereocenters. The smallest absolute Gasteiger partial charge is 0.112 e. The van der Waals surface area contributed by atoms with Gasteiger partial charge in [0.15, 0.2) is 0 Å². The van der Waals surface area contributed by atoms with Crippen LogP contribution >= 0.6 is 0 Å². The lowest BCUT2D eigenvalue weighted by Gasteiger charge is -2.05. The van der Waals surface area contributed by atoms with Crippen LogP contribution in [0.2, 0.25) is 0 Å². The second-order valence-electron chi connectivity index (χ2n) is 3.19. The highest BCUT2D eigenvalue weighted by Gasteiger charge is 2.39. The third kappa shape index (κ3) is 2.50. The quantitative estimate of drug-likeness (QED) is 0.437. The highest BCUT2D eigenvalue weighted by molar-refractivity contribution is 4.90. The van der Waals surface area contributed by atoms with Crippen LogP contribution in [0.15, 0.2) is 12.2 Å². The molecule has 1 aliphatic heterocycles. The van der Waals surface area contributed by atoms with Gasteiger partial charge in [-0.3, -0.25) is 0 Å². The first kappa shape index (κ1) is 7.76. The van der Waals surface area contributed by atoms with E-state index < -0.39 is 0 Å². The second kappa shape index (κ2) is 2.72. The second-order valence-corrected chi connectivity index (χ2v) is 3.19. The van der Waals surface area contributed by atoms with E-state index in [2.05, 4.69) is 6.58 Å². The van der Waals surface area contributed by atoms with Gasteiger partial charge in [-0.1, -0.05) is 12.2 Å². The molecule has 1 rings (SSSR count). The van der Waals surface area contributed by atoms with Gasteiger partial charge in [0.2, 0.25) is 0 Å². The lowest BCUT2D eigenvalue weighted by molar-refractivity contribution is 0.101. The molecule has 58 valence electrons. The van der Waals surface area contributed by atoms with Gasteiger partial charge >= 0.3 is 0 Å². The first-order valence-electron chi connectivity index (χ1n) is 3.48. The fourth-order valence-corrected chi connectivity index (χ4v) is 0.648. The highest BCUT2D eigenvalue weighted by atomic mass is 16.6. The summed E-state index contributed by atoms with van der Waals surface area (Å²) in [6.45, 7) is 9.91. The summed E-state index contributed by atoms with van der Waals surface area (Å²) in [5, 5.41) is 0. The molecule has 0 aromatic rings. The van der Waals surface area contributed by atoms with E-state index >= 15 is 0 Å². The summed E-state index contributed by atoms with van der Waals surface area (Å²) in [4.78, 5) is 0. The molecule has 0 bridgehead atoms. The van der Waals surface area contributed by atoms with Crippen LogP contribution < -0.4 is 0 Å². The Kier molecular flexibility index (Phi) is 2.11. The Balaban J connectivity index is 2.00. The molecule has 0 aliphatic carbocycles. The topological polar surface area (TPSA) is 21.8 Å². The predicted octanol–water partition coefficient (Wildman–Crippen LogP) is 1.37. The van der Waals surface area contributed by atoms with Crippen LogP contribution in [0.5, 0.6) is 0 Å². The average Bonchev–Trinajstić information content (AvgIpc) is 2.47. The van der Waals surface area contributed by atoms with Gasteiger partial charge in [0, 0.05) is 0 Å². The van der Waals surface area contributed by atoms with E-state index in [-0.39, 0.29) is 5.60 Å². The molecule has 1 atom stereocenters. The zero-order valence-corrected chi connectivity index (χ0v) is 6.64. The Morgan fingerprint density at radius 1 is 1.80 bits per heavy atom. The van der Waals surface area contributed by atoms with E-state index in [0.29, 0.717) is 13.2 Å². The SMILES string of the molecule is C=C(C)COC[C@]1(C)CO1. The molecule has 0 saturated carbocycles. The monoisotopic (exact) mass is 142 g/mol. The van der Waals surface area contributed by atoms with Gasteiger partial charge in [0.25, 0.3) is 0 Å². The first-order chi connectivity index (χ1) is 4.62. The Morgan fingerprint density at radius 3 is 2.80 bits per heavy atom. The summed E-state index contributed by atoms with van der Waals surface area (Å²) in [5.74, 6) is 0. The zero-order chi connectivity index (χ0) is 7.61. The van der Waals surface area contributed by atoms with Crippen molar-refractivity contribution in [1.82, 2.24) is 0 Å². The minimum atomic E-state index is 0.0233. The fraction of sp³-hybridized carbons (Fsp3) is 0.750. The first-order valence-corrected chi connectivity index (χ1v) is 3.48. The van der Waals surface area contributed by atoms with Crippen molar-refractivity contribution in [3.63, 3.8) is 0 Å². The molecule has 2 heteroatoms. The predicted molar refractivity (Wildman–Crippen MR) is 40.0 cm³/mol. The summed E-state index contributed by atoms with van der Waals surface area (Å²) >= 11 is 0. The number of hydrogen-bond acceptors (Lipinski definition) is 2. The van der Waals surface area contributed by atoms with Crippen LogP contribution in [0.25, 0.3) is 0 Å². The van der Waals surface area contributed by atoms with Crippen LogP contribution in [0.4, 0.5) is 0 Å². The zero-order valence-electron chi connectivity index (χ0n) is 6.64. The molecular weight excluding hydrogens is 128 g/mol. The fourth-order valence-electron chi connectivity index (χ4n) is 0.648. The van der Waals surface area contributed by atoms with Gasteiger partial charge in [-0.05, 0) is 13.8 Å². The Morgan fingerprint density at radius 2 is 2.40 bits per heavy atom. The van der Waals surface area contributed by atoms with Crippen molar-refractivity contribution in [2.24, 2.45) is 0 Å². The van der Waals surface area contributed by atoms with Gasteiger partial charge in [-0.2, -0.15) is 0 Å². The molecule has 0 aromatic heterocycles. The molecular formula is C8H14O2. The number of ether oxygens (including phenoxy) is 2. The van der Waals surface area contributed by atoms with Crippen LogP contribution in [0.1, 0.15) is 13.8 Å². The minimum absolute atomic E-state index is 0.0233. The Bertz CT molecular complexity index is 136. The normalized spacial score (nSPS) is 30.2. The van der Waals surface area contributed by atoms with E-state index in [1.54, 1.807) is 0 Å². The van der Waals surface area contributed by atoms with Crippen molar-refractivity contribution in [3.05, 3.63) is 12.2 Å². The maximum absolute atomic E-state index is 5.30. The summed E-state index contributed by atoms with van der Waals surface area (Å²) < 4.78 is 10.4. The molecule has 0 N–H and O–H groups in total. The van der Waals surface area contributed by atoms with Crippen LogP contribution in [0.3, 0.4) is 0 Å². The summed E-state index contributed by atoms with van der Waals surface area (Å²) in [6, 6.07) is 0. The molecule has 0 aromatic carbocycles. The Labute approximate surface area is 61.8 Å². The third-order valence-electron chi connectivity index (χ3n) is 1.39. The number of epoxide rings is 1. The summed E-state index contributed by atoms with van der Waals surface area (Å²) in [6.07, 6.45) is 0. The van der Waals surface area contributed by atoms with E-state index in [4.69, 9.17) is 9.47 Å².